The Morgan fingerprint density at radius 1 is 1.50 bits per heavy atom. The van der Waals surface area contributed by atoms with Crippen LogP contribution in [0.25, 0.3) is 0 Å². The third-order valence-corrected chi connectivity index (χ3v) is 2.89. The highest BCUT2D eigenvalue weighted by Crippen LogP contribution is 2.28. The lowest BCUT2D eigenvalue weighted by Crippen LogP contribution is -2.23. The maximum absolute atomic E-state index is 9.61. The summed E-state index contributed by atoms with van der Waals surface area (Å²) in [7, 11) is 1.69. The fourth-order valence-corrected chi connectivity index (χ4v) is 2.06. The van der Waals surface area contributed by atoms with Crippen LogP contribution >= 0.6 is 0 Å². The van der Waals surface area contributed by atoms with Crippen LogP contribution < -0.4 is 0 Å². The Morgan fingerprint density at radius 3 is 3.12 bits per heavy atom. The van der Waals surface area contributed by atoms with E-state index in [1.807, 2.05) is 18.2 Å². The molecule has 1 aliphatic heterocycles. The second-order valence-electron chi connectivity index (χ2n) is 4.22. The number of hydrogen-bond donors (Lipinski definition) is 1. The van der Waals surface area contributed by atoms with Gasteiger partial charge in [-0.15, -0.1) is 0 Å². The third kappa shape index (κ3) is 2.82. The first kappa shape index (κ1) is 11.6. The van der Waals surface area contributed by atoms with Crippen molar-refractivity contribution in [3.05, 3.63) is 35.4 Å². The molecule has 0 amide bonds. The van der Waals surface area contributed by atoms with Gasteiger partial charge in [-0.25, -0.2) is 0 Å². The van der Waals surface area contributed by atoms with Gasteiger partial charge in [-0.05, 0) is 17.5 Å². The third-order valence-electron chi connectivity index (χ3n) is 2.89. The Hall–Kier alpha value is -0.900. The molecule has 0 aromatic heterocycles. The molecule has 0 saturated carbocycles. The summed E-state index contributed by atoms with van der Waals surface area (Å²) >= 11 is 0. The van der Waals surface area contributed by atoms with Gasteiger partial charge in [-0.3, -0.25) is 0 Å². The Balaban J connectivity index is 2.09. The van der Waals surface area contributed by atoms with Gasteiger partial charge < -0.3 is 14.6 Å². The highest BCUT2D eigenvalue weighted by atomic mass is 16.5. The van der Waals surface area contributed by atoms with E-state index in [0.717, 1.165) is 17.5 Å². The Kier molecular flexibility index (Phi) is 3.93. The van der Waals surface area contributed by atoms with E-state index in [1.54, 1.807) is 7.11 Å². The molecule has 2 rings (SSSR count). The molecule has 16 heavy (non-hydrogen) atoms. The second-order valence-corrected chi connectivity index (χ2v) is 4.22. The van der Waals surface area contributed by atoms with Crippen LogP contribution in [0.3, 0.4) is 0 Å². The molecule has 3 nitrogen and oxygen atoms in total. The van der Waals surface area contributed by atoms with Crippen LogP contribution in [0.15, 0.2) is 24.3 Å². The molecule has 1 fully saturated rings. The predicted molar refractivity (Wildman–Crippen MR) is 61.1 cm³/mol. The Bertz CT molecular complexity index is 338. The quantitative estimate of drug-likeness (QED) is 0.850. The van der Waals surface area contributed by atoms with Crippen molar-refractivity contribution in [3.8, 4) is 0 Å². The highest BCUT2D eigenvalue weighted by molar-refractivity contribution is 5.25. The minimum absolute atomic E-state index is 0.0283. The van der Waals surface area contributed by atoms with Crippen molar-refractivity contribution < 1.29 is 14.6 Å². The summed E-state index contributed by atoms with van der Waals surface area (Å²) in [5.41, 5.74) is 2.27. The van der Waals surface area contributed by atoms with Crippen LogP contribution in [0, 0.1) is 0 Å². The lowest BCUT2D eigenvalue weighted by molar-refractivity contribution is -0.0448. The molecule has 0 radical (unpaired) electrons. The second kappa shape index (κ2) is 5.43. The minimum Gasteiger partial charge on any atom is -0.393 e. The number of rotatable bonds is 3. The van der Waals surface area contributed by atoms with E-state index >= 15 is 0 Å². The molecule has 1 N–H and O–H groups in total. The van der Waals surface area contributed by atoms with Crippen molar-refractivity contribution in [1.29, 1.82) is 0 Å². The minimum atomic E-state index is -0.232. The molecule has 2 atom stereocenters. The van der Waals surface area contributed by atoms with Crippen molar-refractivity contribution in [1.82, 2.24) is 0 Å². The molecule has 1 aliphatic rings. The molecule has 1 aromatic rings. The molecule has 1 heterocycles. The van der Waals surface area contributed by atoms with Crippen LogP contribution in [0.4, 0.5) is 0 Å². The number of ether oxygens (including phenoxy) is 2. The maximum Gasteiger partial charge on any atom is 0.0849 e. The lowest BCUT2D eigenvalue weighted by Gasteiger charge is -2.27. The van der Waals surface area contributed by atoms with E-state index in [9.17, 15) is 5.11 Å². The monoisotopic (exact) mass is 222 g/mol. The van der Waals surface area contributed by atoms with Crippen molar-refractivity contribution in [2.24, 2.45) is 0 Å². The van der Waals surface area contributed by atoms with Gasteiger partial charge in [0.05, 0.1) is 18.8 Å². The zero-order valence-electron chi connectivity index (χ0n) is 9.56. The first-order chi connectivity index (χ1) is 7.79. The number of benzene rings is 1. The lowest BCUT2D eigenvalue weighted by atomic mass is 9.98. The predicted octanol–water partition coefficient (Wildman–Crippen LogP) is 2.05. The van der Waals surface area contributed by atoms with Crippen molar-refractivity contribution in [3.63, 3.8) is 0 Å². The first-order valence-electron chi connectivity index (χ1n) is 5.67. The number of hydrogen-bond acceptors (Lipinski definition) is 3. The van der Waals surface area contributed by atoms with Gasteiger partial charge >= 0.3 is 0 Å². The van der Waals surface area contributed by atoms with Crippen LogP contribution in [-0.4, -0.2) is 24.9 Å². The normalized spacial score (nSPS) is 25.6. The first-order valence-corrected chi connectivity index (χ1v) is 5.67. The molecule has 0 bridgehead atoms. The maximum atomic E-state index is 9.61. The smallest absolute Gasteiger partial charge is 0.0849 e. The zero-order chi connectivity index (χ0) is 11.4. The fraction of sp³-hybridized carbons (Fsp3) is 0.538. The molecular weight excluding hydrogens is 204 g/mol. The zero-order valence-corrected chi connectivity index (χ0v) is 9.56. The number of methoxy groups -OCH3 is 1. The summed E-state index contributed by atoms with van der Waals surface area (Å²) < 4.78 is 10.8. The van der Waals surface area contributed by atoms with Gasteiger partial charge in [0.1, 0.15) is 0 Å². The van der Waals surface area contributed by atoms with Crippen LogP contribution in [0.5, 0.6) is 0 Å². The molecule has 1 aromatic carbocycles. The van der Waals surface area contributed by atoms with Crippen LogP contribution in [0.2, 0.25) is 0 Å². The Labute approximate surface area is 96.0 Å². The fourth-order valence-electron chi connectivity index (χ4n) is 2.06. The standard InChI is InChI=1S/C13H18O3/c1-15-9-10-3-2-4-11(7-10)13-8-12(14)5-6-16-13/h2-4,7,12-14H,5-6,8-9H2,1H3. The average molecular weight is 222 g/mol. The van der Waals surface area contributed by atoms with Gasteiger partial charge in [-0.2, -0.15) is 0 Å². The van der Waals surface area contributed by atoms with Crippen molar-refractivity contribution >= 4 is 0 Å². The van der Waals surface area contributed by atoms with Crippen molar-refractivity contribution in [2.75, 3.05) is 13.7 Å². The van der Waals surface area contributed by atoms with E-state index in [0.29, 0.717) is 19.6 Å². The molecule has 88 valence electrons. The van der Waals surface area contributed by atoms with E-state index in [4.69, 9.17) is 9.47 Å². The molecule has 0 spiro atoms. The van der Waals surface area contributed by atoms with Crippen LogP contribution in [0.1, 0.15) is 30.1 Å². The molecule has 2 unspecified atom stereocenters. The summed E-state index contributed by atoms with van der Waals surface area (Å²) in [6.45, 7) is 1.25. The molecular formula is C13H18O3. The van der Waals surface area contributed by atoms with E-state index in [-0.39, 0.29) is 12.2 Å². The molecule has 3 heteroatoms. The van der Waals surface area contributed by atoms with Crippen molar-refractivity contribution in [2.45, 2.75) is 31.7 Å². The summed E-state index contributed by atoms with van der Waals surface area (Å²) in [4.78, 5) is 0. The van der Waals surface area contributed by atoms with E-state index < -0.39 is 0 Å². The van der Waals surface area contributed by atoms with Gasteiger partial charge in [0.2, 0.25) is 0 Å². The van der Waals surface area contributed by atoms with Gasteiger partial charge in [0.25, 0.3) is 0 Å². The van der Waals surface area contributed by atoms with E-state index in [1.165, 1.54) is 0 Å². The van der Waals surface area contributed by atoms with Gasteiger partial charge in [0, 0.05) is 20.1 Å². The SMILES string of the molecule is COCc1cccc(C2CC(O)CCO2)c1. The largest absolute Gasteiger partial charge is 0.393 e. The number of aliphatic hydroxyl groups excluding tert-OH is 1. The van der Waals surface area contributed by atoms with Gasteiger partial charge in [0.15, 0.2) is 0 Å². The summed E-state index contributed by atoms with van der Waals surface area (Å²) in [6.07, 6.45) is 1.23. The Morgan fingerprint density at radius 2 is 2.38 bits per heavy atom. The summed E-state index contributed by atoms with van der Waals surface area (Å²) in [6, 6.07) is 8.17. The van der Waals surface area contributed by atoms with Gasteiger partial charge in [-0.1, -0.05) is 24.3 Å². The van der Waals surface area contributed by atoms with Crippen LogP contribution in [-0.2, 0) is 16.1 Å². The molecule has 0 aliphatic carbocycles. The van der Waals surface area contributed by atoms with E-state index in [2.05, 4.69) is 6.07 Å². The average Bonchev–Trinajstić information content (AvgIpc) is 2.30. The topological polar surface area (TPSA) is 38.7 Å². The highest BCUT2D eigenvalue weighted by Gasteiger charge is 2.22. The number of aliphatic hydroxyl groups is 1. The summed E-state index contributed by atoms with van der Waals surface area (Å²) in [5.74, 6) is 0. The molecule has 1 saturated heterocycles. The summed E-state index contributed by atoms with van der Waals surface area (Å²) in [5, 5.41) is 9.61.